The molecule has 23 nitrogen and oxygen atoms in total. The highest BCUT2D eigenvalue weighted by Gasteiger charge is 2.53. The van der Waals surface area contributed by atoms with Crippen molar-refractivity contribution in [2.45, 2.75) is 130 Å². The van der Waals surface area contributed by atoms with Crippen molar-refractivity contribution >= 4 is 18.1 Å². The number of ether oxygens (including phenoxy) is 6. The molecule has 19 atom stereocenters. The number of aliphatic hydroxyl groups excluding tert-OH is 12. The molecule has 2 amide bonds. The summed E-state index contributed by atoms with van der Waals surface area (Å²) < 4.78 is 33.2. The van der Waals surface area contributed by atoms with Crippen LogP contribution < -0.4 is 10.6 Å². The molecule has 3 rings (SSSR count). The topological polar surface area (TPSA) is 373 Å². The van der Waals surface area contributed by atoms with Crippen LogP contribution in [0, 0.1) is 0 Å². The second kappa shape index (κ2) is 19.3. The predicted octanol–water partition coefficient (Wildman–Crippen LogP) is -9.62. The molecular weight excluding hydrogens is 700 g/mol. The van der Waals surface area contributed by atoms with Crippen LogP contribution in [0.4, 0.5) is 0 Å². The second-order valence-corrected chi connectivity index (χ2v) is 12.3. The molecule has 3 aliphatic heterocycles. The molecule has 51 heavy (non-hydrogen) atoms. The van der Waals surface area contributed by atoms with Gasteiger partial charge < -0.3 is 105 Å². The number of aldehydes is 1. The third kappa shape index (κ3) is 10.3. The highest BCUT2D eigenvalue weighted by molar-refractivity contribution is 5.77. The standard InChI is InChI=1S/C28H48N2O21/c1-8(35)29-10(3-31)16(38)24(11(37)4-32)50-26-15(30-9(2)36)19(41)25(13(6-34)48-26)51-28-23(45)21(43)18(40)14(49-28)7-46-27-22(44)20(42)17(39)12(5-33)47-27/h3,10-28,32-34,37-45H,4-7H2,1-2H3,(H,29,35)(H,30,36)/t10-,11+,12+,13+,14+,15+,16+,17+,18+,19+,20-,21-,22-,23-,24+,25+,26-,27-,28-/m0/s1. The Morgan fingerprint density at radius 3 is 1.80 bits per heavy atom. The molecule has 0 spiro atoms. The van der Waals surface area contributed by atoms with Crippen LogP contribution in [0.2, 0.25) is 0 Å². The fourth-order valence-electron chi connectivity index (χ4n) is 5.75. The summed E-state index contributed by atoms with van der Waals surface area (Å²) in [4.78, 5) is 35.3. The van der Waals surface area contributed by atoms with E-state index in [-0.39, 0.29) is 6.29 Å². The smallest absolute Gasteiger partial charge is 0.217 e. The van der Waals surface area contributed by atoms with Gasteiger partial charge in [0.15, 0.2) is 18.9 Å². The van der Waals surface area contributed by atoms with Crippen molar-refractivity contribution in [3.63, 3.8) is 0 Å². The van der Waals surface area contributed by atoms with E-state index in [2.05, 4.69) is 10.6 Å². The van der Waals surface area contributed by atoms with E-state index in [0.29, 0.717) is 0 Å². The van der Waals surface area contributed by atoms with Gasteiger partial charge in [0, 0.05) is 13.8 Å². The first-order valence-electron chi connectivity index (χ1n) is 15.8. The Bertz CT molecular complexity index is 1120. The molecule has 14 N–H and O–H groups in total. The van der Waals surface area contributed by atoms with Crippen molar-refractivity contribution in [1.29, 1.82) is 0 Å². The SMILES string of the molecule is CC(=O)N[C@H]1[C@H](O[C@@H]([C@H](O)[C@H](C=O)NC(C)=O)[C@H](O)CO)O[C@H](CO)[C@@H](O[C@@H]2O[C@H](CO[C@H]3O[C@H](CO)[C@@H](O)[C@H](O)[C@@H]3O)[C@@H](O)[C@H](O)[C@@H]2O)[C@@H]1O. The fraction of sp³-hybridized carbons (Fsp3) is 0.893. The van der Waals surface area contributed by atoms with E-state index < -0.39 is 155 Å². The monoisotopic (exact) mass is 748 g/mol. The lowest BCUT2D eigenvalue weighted by molar-refractivity contribution is -0.361. The molecule has 0 aromatic heterocycles. The van der Waals surface area contributed by atoms with Gasteiger partial charge in [-0.3, -0.25) is 9.59 Å². The molecule has 3 fully saturated rings. The van der Waals surface area contributed by atoms with Crippen LogP contribution in [-0.4, -0.2) is 222 Å². The number of hydrogen-bond acceptors (Lipinski definition) is 21. The largest absolute Gasteiger partial charge is 0.394 e. The maximum atomic E-state index is 12.1. The van der Waals surface area contributed by atoms with Crippen molar-refractivity contribution in [1.82, 2.24) is 10.6 Å². The zero-order chi connectivity index (χ0) is 38.3. The summed E-state index contributed by atoms with van der Waals surface area (Å²) in [5.74, 6) is -1.55. The first-order chi connectivity index (χ1) is 24.0. The van der Waals surface area contributed by atoms with Crippen LogP contribution in [0.25, 0.3) is 0 Å². The third-order valence-electron chi connectivity index (χ3n) is 8.53. The number of carbonyl (C=O) groups excluding carboxylic acids is 3. The van der Waals surface area contributed by atoms with Gasteiger partial charge in [0.25, 0.3) is 0 Å². The molecule has 3 saturated heterocycles. The molecular formula is C28H48N2O21. The number of amides is 2. The van der Waals surface area contributed by atoms with Gasteiger partial charge >= 0.3 is 0 Å². The molecule has 296 valence electrons. The summed E-state index contributed by atoms with van der Waals surface area (Å²) >= 11 is 0. The Balaban J connectivity index is 1.81. The lowest BCUT2D eigenvalue weighted by Crippen LogP contribution is -2.68. The molecule has 0 radical (unpaired) electrons. The van der Waals surface area contributed by atoms with Crippen LogP contribution >= 0.6 is 0 Å². The Morgan fingerprint density at radius 2 is 1.27 bits per heavy atom. The Hall–Kier alpha value is -2.11. The number of nitrogens with one attached hydrogen (secondary N) is 2. The first kappa shape index (κ1) is 43.3. The molecule has 3 heterocycles. The van der Waals surface area contributed by atoms with Crippen molar-refractivity contribution < 1.29 is 104 Å². The van der Waals surface area contributed by atoms with Crippen LogP contribution in [0.3, 0.4) is 0 Å². The summed E-state index contributed by atoms with van der Waals surface area (Å²) in [7, 11) is 0. The van der Waals surface area contributed by atoms with Crippen LogP contribution in [0.1, 0.15) is 13.8 Å². The normalized spacial score (nSPS) is 41.2. The van der Waals surface area contributed by atoms with Gasteiger partial charge in [0.05, 0.1) is 26.4 Å². The zero-order valence-corrected chi connectivity index (χ0v) is 27.4. The molecule has 0 aliphatic carbocycles. The second-order valence-electron chi connectivity index (χ2n) is 12.3. The van der Waals surface area contributed by atoms with E-state index in [0.717, 1.165) is 13.8 Å². The average molecular weight is 749 g/mol. The Labute approximate surface area is 289 Å². The quantitative estimate of drug-likeness (QED) is 0.0651. The van der Waals surface area contributed by atoms with E-state index in [1.54, 1.807) is 0 Å². The molecule has 0 aromatic carbocycles. The highest BCUT2D eigenvalue weighted by atomic mass is 16.8. The minimum atomic E-state index is -2.03. The predicted molar refractivity (Wildman–Crippen MR) is 158 cm³/mol. The lowest BCUT2D eigenvalue weighted by atomic mass is 9.95. The number of aliphatic hydroxyl groups is 12. The zero-order valence-electron chi connectivity index (χ0n) is 27.4. The van der Waals surface area contributed by atoms with E-state index in [9.17, 15) is 75.7 Å². The van der Waals surface area contributed by atoms with Crippen LogP contribution in [0.15, 0.2) is 0 Å². The summed E-state index contributed by atoms with van der Waals surface area (Å²) in [5, 5.41) is 128. The maximum absolute atomic E-state index is 12.1. The lowest BCUT2D eigenvalue weighted by Gasteiger charge is -2.48. The minimum absolute atomic E-state index is 0.123. The van der Waals surface area contributed by atoms with Crippen molar-refractivity contribution in [3.05, 3.63) is 0 Å². The molecule has 0 bridgehead atoms. The van der Waals surface area contributed by atoms with Gasteiger partial charge in [-0.1, -0.05) is 0 Å². The van der Waals surface area contributed by atoms with Gasteiger partial charge in [0.1, 0.15) is 104 Å². The summed E-state index contributed by atoms with van der Waals surface area (Å²) in [6.45, 7) is -1.44. The number of rotatable bonds is 16. The summed E-state index contributed by atoms with van der Waals surface area (Å²) in [6, 6.07) is -3.34. The van der Waals surface area contributed by atoms with Gasteiger partial charge in [-0.15, -0.1) is 0 Å². The van der Waals surface area contributed by atoms with Gasteiger partial charge in [-0.25, -0.2) is 0 Å². The summed E-state index contributed by atoms with van der Waals surface area (Å²) in [6.07, 6.45) is -30.7. The first-order valence-corrected chi connectivity index (χ1v) is 15.8. The Kier molecular flexibility index (Phi) is 16.4. The van der Waals surface area contributed by atoms with E-state index in [4.69, 9.17) is 28.4 Å². The molecule has 0 unspecified atom stereocenters. The van der Waals surface area contributed by atoms with E-state index in [1.807, 2.05) is 0 Å². The van der Waals surface area contributed by atoms with Crippen molar-refractivity contribution in [2.24, 2.45) is 0 Å². The van der Waals surface area contributed by atoms with Crippen molar-refractivity contribution in [2.75, 3.05) is 26.4 Å². The highest BCUT2D eigenvalue weighted by Crippen LogP contribution is 2.31. The van der Waals surface area contributed by atoms with Gasteiger partial charge in [0.2, 0.25) is 11.8 Å². The number of hydrogen-bond donors (Lipinski definition) is 14. The molecule has 3 aliphatic rings. The van der Waals surface area contributed by atoms with E-state index in [1.165, 1.54) is 0 Å². The molecule has 23 heteroatoms. The van der Waals surface area contributed by atoms with Crippen molar-refractivity contribution in [3.8, 4) is 0 Å². The van der Waals surface area contributed by atoms with E-state index >= 15 is 0 Å². The van der Waals surface area contributed by atoms with Gasteiger partial charge in [-0.05, 0) is 0 Å². The van der Waals surface area contributed by atoms with Gasteiger partial charge in [-0.2, -0.15) is 0 Å². The third-order valence-corrected chi connectivity index (χ3v) is 8.53. The number of carbonyl (C=O) groups is 3. The Morgan fingerprint density at radius 1 is 0.725 bits per heavy atom. The minimum Gasteiger partial charge on any atom is -0.394 e. The van der Waals surface area contributed by atoms with Crippen LogP contribution in [-0.2, 0) is 42.8 Å². The fourth-order valence-corrected chi connectivity index (χ4v) is 5.75. The van der Waals surface area contributed by atoms with Crippen LogP contribution in [0.5, 0.6) is 0 Å². The maximum Gasteiger partial charge on any atom is 0.217 e. The summed E-state index contributed by atoms with van der Waals surface area (Å²) in [5.41, 5.74) is 0. The molecule has 0 saturated carbocycles. The molecule has 0 aromatic rings. The average Bonchev–Trinajstić information content (AvgIpc) is 3.10.